The summed E-state index contributed by atoms with van der Waals surface area (Å²) in [6.45, 7) is 1.69. The molecule has 29 heavy (non-hydrogen) atoms. The Morgan fingerprint density at radius 1 is 1.21 bits per heavy atom. The van der Waals surface area contributed by atoms with Crippen LogP contribution in [0.4, 0.5) is 13.2 Å². The standard InChI is InChI=1S/C19H19F3N2O4S/c1-2-11-24(14-19(20,21)22)18(25)10-7-15-5-8-17(9-6-15)29(26,27)23-13-16-4-3-12-28-16/h2-10,12,23H,1,11,13-14H2/b10-7+. The van der Waals surface area contributed by atoms with Crippen molar-refractivity contribution in [3.8, 4) is 0 Å². The molecular formula is C19H19F3N2O4S. The summed E-state index contributed by atoms with van der Waals surface area (Å²) in [5, 5.41) is 0. The molecule has 0 bridgehead atoms. The molecule has 10 heteroatoms. The van der Waals surface area contributed by atoms with E-state index in [-0.39, 0.29) is 18.0 Å². The molecule has 1 heterocycles. The Bertz CT molecular complexity index is 950. The maximum absolute atomic E-state index is 12.5. The second kappa shape index (κ2) is 9.57. The third-order valence-electron chi connectivity index (χ3n) is 3.66. The van der Waals surface area contributed by atoms with Crippen molar-refractivity contribution in [1.82, 2.24) is 9.62 Å². The van der Waals surface area contributed by atoms with Crippen LogP contribution in [0.2, 0.25) is 0 Å². The van der Waals surface area contributed by atoms with Gasteiger partial charge in [0.05, 0.1) is 17.7 Å². The number of amides is 1. The van der Waals surface area contributed by atoms with Crippen molar-refractivity contribution in [2.75, 3.05) is 13.1 Å². The van der Waals surface area contributed by atoms with Crippen molar-refractivity contribution in [2.24, 2.45) is 0 Å². The predicted octanol–water partition coefficient (Wildman–Crippen LogP) is 3.35. The van der Waals surface area contributed by atoms with Gasteiger partial charge < -0.3 is 9.32 Å². The summed E-state index contributed by atoms with van der Waals surface area (Å²) in [4.78, 5) is 12.6. The Morgan fingerprint density at radius 2 is 1.90 bits per heavy atom. The molecule has 0 unspecified atom stereocenters. The van der Waals surface area contributed by atoms with Crippen LogP contribution in [0.1, 0.15) is 11.3 Å². The van der Waals surface area contributed by atoms with E-state index in [2.05, 4.69) is 11.3 Å². The molecule has 0 fully saturated rings. The lowest BCUT2D eigenvalue weighted by Gasteiger charge is -2.20. The summed E-state index contributed by atoms with van der Waals surface area (Å²) in [7, 11) is -3.77. The number of hydrogen-bond acceptors (Lipinski definition) is 4. The van der Waals surface area contributed by atoms with E-state index in [1.165, 1.54) is 42.7 Å². The van der Waals surface area contributed by atoms with Gasteiger partial charge in [-0.05, 0) is 35.9 Å². The zero-order valence-corrected chi connectivity index (χ0v) is 16.0. The number of carbonyl (C=O) groups is 1. The third-order valence-corrected chi connectivity index (χ3v) is 5.07. The van der Waals surface area contributed by atoms with Gasteiger partial charge in [0.2, 0.25) is 15.9 Å². The highest BCUT2D eigenvalue weighted by atomic mass is 32.2. The quantitative estimate of drug-likeness (QED) is 0.491. The minimum Gasteiger partial charge on any atom is -0.468 e. The van der Waals surface area contributed by atoms with E-state index in [1.807, 2.05) is 0 Å². The van der Waals surface area contributed by atoms with E-state index in [1.54, 1.807) is 12.1 Å². The maximum Gasteiger partial charge on any atom is 0.406 e. The van der Waals surface area contributed by atoms with Gasteiger partial charge in [0.25, 0.3) is 0 Å². The van der Waals surface area contributed by atoms with Gasteiger partial charge in [-0.1, -0.05) is 18.2 Å². The molecule has 1 amide bonds. The van der Waals surface area contributed by atoms with Crippen LogP contribution >= 0.6 is 0 Å². The zero-order chi connectivity index (χ0) is 21.5. The fourth-order valence-electron chi connectivity index (χ4n) is 2.30. The number of furan rings is 1. The molecule has 0 saturated heterocycles. The van der Waals surface area contributed by atoms with Crippen molar-refractivity contribution >= 4 is 22.0 Å². The molecule has 0 atom stereocenters. The van der Waals surface area contributed by atoms with Crippen molar-refractivity contribution in [2.45, 2.75) is 17.6 Å². The fourth-order valence-corrected chi connectivity index (χ4v) is 3.29. The maximum atomic E-state index is 12.5. The van der Waals surface area contributed by atoms with Gasteiger partial charge >= 0.3 is 6.18 Å². The summed E-state index contributed by atoms with van der Waals surface area (Å²) in [5.74, 6) is -0.381. The Balaban J connectivity index is 2.03. The molecule has 1 aromatic heterocycles. The summed E-state index contributed by atoms with van der Waals surface area (Å²) in [6, 6.07) is 8.79. The number of nitrogens with one attached hydrogen (secondary N) is 1. The minimum absolute atomic E-state index is 0.00196. The zero-order valence-electron chi connectivity index (χ0n) is 15.2. The van der Waals surface area contributed by atoms with Crippen molar-refractivity contribution in [3.05, 3.63) is 72.7 Å². The number of sulfonamides is 1. The Kier molecular flexibility index (Phi) is 7.40. The third kappa shape index (κ3) is 7.24. The first kappa shape index (κ1) is 22.4. The molecule has 156 valence electrons. The molecule has 0 aliphatic rings. The number of benzene rings is 1. The van der Waals surface area contributed by atoms with E-state index in [9.17, 15) is 26.4 Å². The van der Waals surface area contributed by atoms with Crippen molar-refractivity contribution in [1.29, 1.82) is 0 Å². The van der Waals surface area contributed by atoms with Crippen LogP contribution in [-0.4, -0.2) is 38.5 Å². The van der Waals surface area contributed by atoms with Crippen molar-refractivity contribution < 1.29 is 30.8 Å². The lowest BCUT2D eigenvalue weighted by molar-refractivity contribution is -0.157. The Morgan fingerprint density at radius 3 is 2.45 bits per heavy atom. The van der Waals surface area contributed by atoms with Gasteiger partial charge in [-0.15, -0.1) is 6.58 Å². The van der Waals surface area contributed by atoms with Crippen LogP contribution in [0.25, 0.3) is 6.08 Å². The molecule has 1 N–H and O–H groups in total. The largest absolute Gasteiger partial charge is 0.468 e. The normalized spacial score (nSPS) is 12.2. The first-order valence-electron chi connectivity index (χ1n) is 8.37. The van der Waals surface area contributed by atoms with Crippen LogP contribution in [0.3, 0.4) is 0 Å². The Labute approximate surface area is 166 Å². The molecule has 2 rings (SSSR count). The van der Waals surface area contributed by atoms with Gasteiger partial charge in [-0.3, -0.25) is 4.79 Å². The molecule has 0 spiro atoms. The topological polar surface area (TPSA) is 79.6 Å². The molecule has 0 saturated carbocycles. The first-order chi connectivity index (χ1) is 13.6. The van der Waals surface area contributed by atoms with Gasteiger partial charge in [0, 0.05) is 12.6 Å². The summed E-state index contributed by atoms with van der Waals surface area (Å²) in [5.41, 5.74) is 0.453. The second-order valence-electron chi connectivity index (χ2n) is 5.93. The van der Waals surface area contributed by atoms with Gasteiger partial charge in [0.15, 0.2) is 0 Å². The lowest BCUT2D eigenvalue weighted by atomic mass is 10.2. The highest BCUT2D eigenvalue weighted by molar-refractivity contribution is 7.89. The lowest BCUT2D eigenvalue weighted by Crippen LogP contribution is -2.38. The number of hydrogen-bond donors (Lipinski definition) is 1. The molecule has 2 aromatic rings. The number of carbonyl (C=O) groups excluding carboxylic acids is 1. The number of rotatable bonds is 9. The Hall–Kier alpha value is -2.85. The smallest absolute Gasteiger partial charge is 0.406 e. The summed E-state index contributed by atoms with van der Waals surface area (Å²) in [6.07, 6.45) is 0.407. The van der Waals surface area contributed by atoms with Crippen LogP contribution in [0.5, 0.6) is 0 Å². The average molecular weight is 428 g/mol. The molecule has 0 aliphatic carbocycles. The molecular weight excluding hydrogens is 409 g/mol. The molecule has 0 aliphatic heterocycles. The summed E-state index contributed by atoms with van der Waals surface area (Å²) < 4.78 is 69.6. The van der Waals surface area contributed by atoms with E-state index in [0.717, 1.165) is 6.08 Å². The van der Waals surface area contributed by atoms with Gasteiger partial charge in [-0.25, -0.2) is 13.1 Å². The van der Waals surface area contributed by atoms with E-state index in [4.69, 9.17) is 4.42 Å². The van der Waals surface area contributed by atoms with Crippen LogP contribution in [0, 0.1) is 0 Å². The minimum atomic E-state index is -4.52. The van der Waals surface area contributed by atoms with Crippen LogP contribution < -0.4 is 4.72 Å². The highest BCUT2D eigenvalue weighted by Crippen LogP contribution is 2.17. The van der Waals surface area contributed by atoms with Gasteiger partial charge in [0.1, 0.15) is 12.3 Å². The molecule has 6 nitrogen and oxygen atoms in total. The number of alkyl halides is 3. The SMILES string of the molecule is C=CCN(CC(F)(F)F)C(=O)/C=C/c1ccc(S(=O)(=O)NCc2ccco2)cc1. The monoisotopic (exact) mass is 428 g/mol. The van der Waals surface area contributed by atoms with E-state index < -0.39 is 28.7 Å². The number of halogens is 3. The summed E-state index contributed by atoms with van der Waals surface area (Å²) >= 11 is 0. The average Bonchev–Trinajstić information content (AvgIpc) is 3.17. The number of nitrogens with zero attached hydrogens (tertiary/aromatic N) is 1. The van der Waals surface area contributed by atoms with Gasteiger partial charge in [-0.2, -0.15) is 13.2 Å². The highest BCUT2D eigenvalue weighted by Gasteiger charge is 2.31. The fraction of sp³-hybridized carbons (Fsp3) is 0.211. The van der Waals surface area contributed by atoms with E-state index >= 15 is 0 Å². The van der Waals surface area contributed by atoms with E-state index in [0.29, 0.717) is 16.2 Å². The second-order valence-corrected chi connectivity index (χ2v) is 7.70. The predicted molar refractivity (Wildman–Crippen MR) is 101 cm³/mol. The molecule has 0 radical (unpaired) electrons. The first-order valence-corrected chi connectivity index (χ1v) is 9.86. The molecule has 1 aromatic carbocycles. The van der Waals surface area contributed by atoms with Crippen LogP contribution in [-0.2, 0) is 21.4 Å². The van der Waals surface area contributed by atoms with Crippen molar-refractivity contribution in [3.63, 3.8) is 0 Å². The van der Waals surface area contributed by atoms with Crippen LogP contribution in [0.15, 0.2) is 70.7 Å².